The average Bonchev–Trinajstić information content (AvgIpc) is 3.26. The van der Waals surface area contributed by atoms with Gasteiger partial charge in [-0.05, 0) is 55.2 Å². The molecule has 3 aromatic rings. The number of piperidine rings is 1. The van der Waals surface area contributed by atoms with E-state index in [4.69, 9.17) is 9.47 Å². The fraction of sp³-hybridized carbons (Fsp3) is 0.308. The molecule has 4 nitrogen and oxygen atoms in total. The maximum atomic E-state index is 5.66. The van der Waals surface area contributed by atoms with Crippen molar-refractivity contribution in [3.8, 4) is 11.5 Å². The Morgan fingerprint density at radius 1 is 0.933 bits per heavy atom. The number of aryl methyl sites for hydroxylation is 1. The highest BCUT2D eigenvalue weighted by atomic mass is 16.7. The number of para-hydroxylation sites is 1. The molecular formula is C26H28N2O2. The molecule has 3 aromatic carbocycles. The molecule has 1 N–H and O–H groups in total. The molecule has 0 radical (unpaired) electrons. The first-order chi connectivity index (χ1) is 14.8. The number of ether oxygens (including phenoxy) is 2. The second-order valence-corrected chi connectivity index (χ2v) is 8.25. The fourth-order valence-corrected chi connectivity index (χ4v) is 4.60. The number of nitrogens with one attached hydrogen (secondary N) is 1. The monoisotopic (exact) mass is 400 g/mol. The van der Waals surface area contributed by atoms with Gasteiger partial charge in [-0.1, -0.05) is 54.1 Å². The maximum absolute atomic E-state index is 5.66. The second-order valence-electron chi connectivity index (χ2n) is 8.25. The quantitative estimate of drug-likeness (QED) is 0.636. The van der Waals surface area contributed by atoms with Crippen LogP contribution >= 0.6 is 0 Å². The number of benzene rings is 3. The van der Waals surface area contributed by atoms with Gasteiger partial charge >= 0.3 is 0 Å². The van der Waals surface area contributed by atoms with Gasteiger partial charge in [-0.25, -0.2) is 0 Å². The van der Waals surface area contributed by atoms with Crippen LogP contribution in [-0.4, -0.2) is 19.4 Å². The summed E-state index contributed by atoms with van der Waals surface area (Å²) in [6.07, 6.45) is 2.18. The van der Waals surface area contributed by atoms with Crippen LogP contribution in [0.25, 0.3) is 0 Å². The first kappa shape index (κ1) is 19.0. The van der Waals surface area contributed by atoms with Gasteiger partial charge in [0, 0.05) is 24.8 Å². The van der Waals surface area contributed by atoms with Gasteiger partial charge in [-0.2, -0.15) is 0 Å². The normalized spacial score (nSPS) is 20.4. The van der Waals surface area contributed by atoms with Gasteiger partial charge in [0.2, 0.25) is 6.79 Å². The van der Waals surface area contributed by atoms with Crippen LogP contribution in [0.3, 0.4) is 0 Å². The average molecular weight is 401 g/mol. The Bertz CT molecular complexity index is 1000. The largest absolute Gasteiger partial charge is 0.454 e. The van der Waals surface area contributed by atoms with E-state index in [0.29, 0.717) is 18.9 Å². The first-order valence-electron chi connectivity index (χ1n) is 10.8. The van der Waals surface area contributed by atoms with Crippen LogP contribution in [0, 0.1) is 6.92 Å². The molecule has 1 saturated heterocycles. The zero-order chi connectivity index (χ0) is 20.3. The third kappa shape index (κ3) is 4.01. The standard InChI is InChI=1S/C26H28N2O2/c1-19-6-5-7-20(14-19)17-27-22-12-13-28(23-8-3-2-4-9-23)24(16-22)21-10-11-25-26(15-21)30-18-29-25/h2-11,14-15,22,24,27H,12-13,16-18H2,1H3. The van der Waals surface area contributed by atoms with Gasteiger partial charge in [0.05, 0.1) is 6.04 Å². The van der Waals surface area contributed by atoms with E-state index >= 15 is 0 Å². The van der Waals surface area contributed by atoms with Crippen molar-refractivity contribution in [3.63, 3.8) is 0 Å². The van der Waals surface area contributed by atoms with Gasteiger partial charge < -0.3 is 19.7 Å². The second kappa shape index (κ2) is 8.41. The molecule has 0 amide bonds. The predicted molar refractivity (Wildman–Crippen MR) is 120 cm³/mol. The summed E-state index contributed by atoms with van der Waals surface area (Å²) in [5.74, 6) is 1.70. The molecule has 2 heterocycles. The van der Waals surface area contributed by atoms with E-state index in [1.165, 1.54) is 22.4 Å². The van der Waals surface area contributed by atoms with Crippen molar-refractivity contribution in [2.75, 3.05) is 18.2 Å². The molecule has 1 fully saturated rings. The van der Waals surface area contributed by atoms with Crippen LogP contribution in [0.15, 0.2) is 72.8 Å². The molecule has 154 valence electrons. The third-order valence-electron chi connectivity index (χ3n) is 6.15. The molecule has 2 aliphatic rings. The molecule has 2 unspecified atom stereocenters. The highest BCUT2D eigenvalue weighted by Crippen LogP contribution is 2.40. The minimum absolute atomic E-state index is 0.297. The third-order valence-corrected chi connectivity index (χ3v) is 6.15. The van der Waals surface area contributed by atoms with Crippen molar-refractivity contribution in [1.82, 2.24) is 5.32 Å². The Labute approximate surface area is 178 Å². The van der Waals surface area contributed by atoms with E-state index in [0.717, 1.165) is 37.4 Å². The van der Waals surface area contributed by atoms with E-state index in [1.807, 2.05) is 6.07 Å². The zero-order valence-corrected chi connectivity index (χ0v) is 17.4. The smallest absolute Gasteiger partial charge is 0.231 e. The minimum Gasteiger partial charge on any atom is -0.454 e. The van der Waals surface area contributed by atoms with Gasteiger partial charge in [0.15, 0.2) is 11.5 Å². The molecule has 2 aliphatic heterocycles. The molecule has 0 aliphatic carbocycles. The number of hydrogen-bond donors (Lipinski definition) is 1. The van der Waals surface area contributed by atoms with E-state index in [2.05, 4.69) is 83.9 Å². The number of rotatable bonds is 5. The molecule has 5 rings (SSSR count). The summed E-state index contributed by atoms with van der Waals surface area (Å²) >= 11 is 0. The summed E-state index contributed by atoms with van der Waals surface area (Å²) in [7, 11) is 0. The van der Waals surface area contributed by atoms with Crippen molar-refractivity contribution >= 4 is 5.69 Å². The molecule has 0 spiro atoms. The van der Waals surface area contributed by atoms with Crippen molar-refractivity contribution < 1.29 is 9.47 Å². The van der Waals surface area contributed by atoms with Gasteiger partial charge in [0.1, 0.15) is 0 Å². The number of fused-ring (bicyclic) bond motifs is 1. The Morgan fingerprint density at radius 2 is 1.80 bits per heavy atom. The fourth-order valence-electron chi connectivity index (χ4n) is 4.60. The van der Waals surface area contributed by atoms with Crippen LogP contribution in [0.2, 0.25) is 0 Å². The SMILES string of the molecule is Cc1cccc(CNC2CCN(c3ccccc3)C(c3ccc4c(c3)OCO4)C2)c1. The predicted octanol–water partition coefficient (Wildman–Crippen LogP) is 5.22. The minimum atomic E-state index is 0.297. The first-order valence-corrected chi connectivity index (χ1v) is 10.8. The number of anilines is 1. The van der Waals surface area contributed by atoms with Crippen molar-refractivity contribution in [2.45, 2.75) is 38.4 Å². The molecule has 4 heteroatoms. The highest BCUT2D eigenvalue weighted by Gasteiger charge is 2.30. The Balaban J connectivity index is 1.37. The summed E-state index contributed by atoms with van der Waals surface area (Å²) in [5, 5.41) is 3.81. The molecule has 0 aromatic heterocycles. The number of nitrogens with zero attached hydrogens (tertiary/aromatic N) is 1. The van der Waals surface area contributed by atoms with E-state index in [9.17, 15) is 0 Å². The van der Waals surface area contributed by atoms with E-state index in [-0.39, 0.29) is 0 Å². The molecule has 2 atom stereocenters. The van der Waals surface area contributed by atoms with E-state index < -0.39 is 0 Å². The summed E-state index contributed by atoms with van der Waals surface area (Å²) in [6, 6.07) is 26.7. The summed E-state index contributed by atoms with van der Waals surface area (Å²) < 4.78 is 11.2. The Morgan fingerprint density at radius 3 is 2.67 bits per heavy atom. The van der Waals surface area contributed by atoms with Gasteiger partial charge in [0.25, 0.3) is 0 Å². The van der Waals surface area contributed by atoms with Crippen LogP contribution in [0.1, 0.15) is 35.6 Å². The lowest BCUT2D eigenvalue weighted by Crippen LogP contribution is -2.44. The van der Waals surface area contributed by atoms with Crippen LogP contribution in [0.5, 0.6) is 11.5 Å². The van der Waals surface area contributed by atoms with Crippen molar-refractivity contribution in [3.05, 3.63) is 89.5 Å². The van der Waals surface area contributed by atoms with Crippen LogP contribution in [-0.2, 0) is 6.54 Å². The van der Waals surface area contributed by atoms with Crippen molar-refractivity contribution in [1.29, 1.82) is 0 Å². The van der Waals surface area contributed by atoms with Crippen molar-refractivity contribution in [2.24, 2.45) is 0 Å². The number of hydrogen-bond acceptors (Lipinski definition) is 4. The highest BCUT2D eigenvalue weighted by molar-refractivity contribution is 5.52. The van der Waals surface area contributed by atoms with Gasteiger partial charge in [-0.3, -0.25) is 0 Å². The topological polar surface area (TPSA) is 33.7 Å². The summed E-state index contributed by atoms with van der Waals surface area (Å²) in [6.45, 7) is 4.39. The van der Waals surface area contributed by atoms with Gasteiger partial charge in [-0.15, -0.1) is 0 Å². The van der Waals surface area contributed by atoms with Crippen LogP contribution in [0.4, 0.5) is 5.69 Å². The summed E-state index contributed by atoms with van der Waals surface area (Å²) in [4.78, 5) is 2.53. The Kier molecular flexibility index (Phi) is 5.33. The maximum Gasteiger partial charge on any atom is 0.231 e. The molecule has 0 bridgehead atoms. The molecule has 0 saturated carbocycles. The lowest BCUT2D eigenvalue weighted by atomic mass is 9.90. The van der Waals surface area contributed by atoms with E-state index in [1.54, 1.807) is 0 Å². The summed E-state index contributed by atoms with van der Waals surface area (Å²) in [5.41, 5.74) is 5.22. The lowest BCUT2D eigenvalue weighted by Gasteiger charge is -2.41. The van der Waals surface area contributed by atoms with Crippen LogP contribution < -0.4 is 19.7 Å². The molecule has 30 heavy (non-hydrogen) atoms. The Hall–Kier alpha value is -2.98. The lowest BCUT2D eigenvalue weighted by molar-refractivity contribution is 0.174. The molecular weight excluding hydrogens is 372 g/mol. The zero-order valence-electron chi connectivity index (χ0n) is 17.4.